The first-order valence-electron chi connectivity index (χ1n) is 7.49. The molecule has 1 aromatic rings. The molecule has 22 heavy (non-hydrogen) atoms. The number of imide groups is 1. The average molecular weight is 301 g/mol. The lowest BCUT2D eigenvalue weighted by atomic mass is 10.1. The van der Waals surface area contributed by atoms with E-state index >= 15 is 0 Å². The molecule has 6 heteroatoms. The van der Waals surface area contributed by atoms with Crippen molar-refractivity contribution in [2.75, 3.05) is 26.7 Å². The fourth-order valence-electron chi connectivity index (χ4n) is 2.95. The molecule has 1 saturated heterocycles. The number of carbonyl (C=O) groups excluding carboxylic acids is 3. The Morgan fingerprint density at radius 3 is 2.23 bits per heavy atom. The third kappa shape index (κ3) is 2.74. The molecule has 2 aliphatic heterocycles. The summed E-state index contributed by atoms with van der Waals surface area (Å²) in [6.45, 7) is 1.68. The highest BCUT2D eigenvalue weighted by Crippen LogP contribution is 2.22. The van der Waals surface area contributed by atoms with Gasteiger partial charge in [0.1, 0.15) is 6.54 Å². The van der Waals surface area contributed by atoms with Crippen molar-refractivity contribution in [3.8, 4) is 0 Å². The van der Waals surface area contributed by atoms with Crippen molar-refractivity contribution in [1.82, 2.24) is 15.1 Å². The molecule has 0 radical (unpaired) electrons. The van der Waals surface area contributed by atoms with Gasteiger partial charge in [-0.2, -0.15) is 0 Å². The number of benzene rings is 1. The number of rotatable bonds is 3. The van der Waals surface area contributed by atoms with E-state index in [0.29, 0.717) is 11.1 Å². The third-order valence-electron chi connectivity index (χ3n) is 4.26. The molecule has 0 saturated carbocycles. The van der Waals surface area contributed by atoms with E-state index in [4.69, 9.17) is 0 Å². The van der Waals surface area contributed by atoms with Crippen molar-refractivity contribution in [2.45, 2.75) is 18.9 Å². The van der Waals surface area contributed by atoms with Crippen LogP contribution in [0.5, 0.6) is 0 Å². The molecule has 1 N–H and O–H groups in total. The molecule has 116 valence electrons. The second kappa shape index (κ2) is 5.88. The Kier molecular flexibility index (Phi) is 3.94. The van der Waals surface area contributed by atoms with E-state index in [2.05, 4.69) is 17.3 Å². The second-order valence-corrected chi connectivity index (χ2v) is 5.89. The maximum absolute atomic E-state index is 12.2. The first kappa shape index (κ1) is 14.7. The van der Waals surface area contributed by atoms with E-state index in [-0.39, 0.29) is 30.3 Å². The van der Waals surface area contributed by atoms with Gasteiger partial charge in [0.25, 0.3) is 11.8 Å². The van der Waals surface area contributed by atoms with Gasteiger partial charge in [0.05, 0.1) is 11.1 Å². The number of hydrogen-bond acceptors (Lipinski definition) is 4. The van der Waals surface area contributed by atoms with Crippen molar-refractivity contribution in [3.05, 3.63) is 35.4 Å². The summed E-state index contributed by atoms with van der Waals surface area (Å²) in [5.41, 5.74) is 0.749. The van der Waals surface area contributed by atoms with Gasteiger partial charge in [0.2, 0.25) is 5.91 Å². The SMILES string of the molecule is CN1CCC(NC(=O)CN2C(=O)c3ccccc3C2=O)CC1. The Bertz CT molecular complexity index is 586. The van der Waals surface area contributed by atoms with E-state index in [9.17, 15) is 14.4 Å². The Labute approximate surface area is 129 Å². The van der Waals surface area contributed by atoms with Gasteiger partial charge in [0.15, 0.2) is 0 Å². The number of amides is 3. The highest BCUT2D eigenvalue weighted by molar-refractivity contribution is 6.22. The van der Waals surface area contributed by atoms with Crippen LogP contribution in [0.2, 0.25) is 0 Å². The van der Waals surface area contributed by atoms with Crippen LogP contribution in [0.4, 0.5) is 0 Å². The molecule has 6 nitrogen and oxygen atoms in total. The van der Waals surface area contributed by atoms with E-state index in [1.165, 1.54) is 0 Å². The number of piperidine rings is 1. The van der Waals surface area contributed by atoms with E-state index < -0.39 is 0 Å². The summed E-state index contributed by atoms with van der Waals surface area (Å²) in [4.78, 5) is 39.8. The van der Waals surface area contributed by atoms with E-state index in [0.717, 1.165) is 30.8 Å². The monoisotopic (exact) mass is 301 g/mol. The van der Waals surface area contributed by atoms with Crippen LogP contribution in [0.1, 0.15) is 33.6 Å². The van der Waals surface area contributed by atoms with Gasteiger partial charge in [-0.05, 0) is 45.1 Å². The van der Waals surface area contributed by atoms with Crippen molar-refractivity contribution >= 4 is 17.7 Å². The zero-order chi connectivity index (χ0) is 15.7. The number of fused-ring (bicyclic) bond motifs is 1. The minimum Gasteiger partial charge on any atom is -0.352 e. The van der Waals surface area contributed by atoms with Crippen LogP contribution < -0.4 is 5.32 Å². The molecular formula is C16H19N3O3. The van der Waals surface area contributed by atoms with Gasteiger partial charge in [-0.25, -0.2) is 0 Å². The highest BCUT2D eigenvalue weighted by atomic mass is 16.2. The highest BCUT2D eigenvalue weighted by Gasteiger charge is 2.36. The average Bonchev–Trinajstić information content (AvgIpc) is 2.75. The number of nitrogens with zero attached hydrogens (tertiary/aromatic N) is 2. The molecule has 0 unspecified atom stereocenters. The van der Waals surface area contributed by atoms with Crippen LogP contribution in [0.25, 0.3) is 0 Å². The van der Waals surface area contributed by atoms with Gasteiger partial charge >= 0.3 is 0 Å². The Balaban J connectivity index is 1.61. The first-order chi connectivity index (χ1) is 10.6. The summed E-state index contributed by atoms with van der Waals surface area (Å²) >= 11 is 0. The molecule has 0 atom stereocenters. The van der Waals surface area contributed by atoms with Crippen LogP contribution in [0, 0.1) is 0 Å². The largest absolute Gasteiger partial charge is 0.352 e. The molecular weight excluding hydrogens is 282 g/mol. The smallest absolute Gasteiger partial charge is 0.262 e. The van der Waals surface area contributed by atoms with Gasteiger partial charge < -0.3 is 10.2 Å². The molecule has 0 bridgehead atoms. The Morgan fingerprint density at radius 1 is 1.14 bits per heavy atom. The van der Waals surface area contributed by atoms with Crippen molar-refractivity contribution in [2.24, 2.45) is 0 Å². The summed E-state index contributed by atoms with van der Waals surface area (Å²) in [5.74, 6) is -1.05. The van der Waals surface area contributed by atoms with Crippen LogP contribution in [-0.4, -0.2) is 60.2 Å². The second-order valence-electron chi connectivity index (χ2n) is 5.89. The van der Waals surface area contributed by atoms with Crippen LogP contribution in [0.3, 0.4) is 0 Å². The fourth-order valence-corrected chi connectivity index (χ4v) is 2.95. The number of nitrogens with one attached hydrogen (secondary N) is 1. The number of hydrogen-bond donors (Lipinski definition) is 1. The standard InChI is InChI=1S/C16H19N3O3/c1-18-8-6-11(7-9-18)17-14(20)10-19-15(21)12-4-2-3-5-13(12)16(19)22/h2-5,11H,6-10H2,1H3,(H,17,20). The molecule has 0 spiro atoms. The molecule has 2 aliphatic rings. The third-order valence-corrected chi connectivity index (χ3v) is 4.26. The summed E-state index contributed by atoms with van der Waals surface area (Å²) < 4.78 is 0. The van der Waals surface area contributed by atoms with Crippen molar-refractivity contribution in [1.29, 1.82) is 0 Å². The topological polar surface area (TPSA) is 69.7 Å². The fraction of sp³-hybridized carbons (Fsp3) is 0.438. The van der Waals surface area contributed by atoms with Crippen LogP contribution in [-0.2, 0) is 4.79 Å². The van der Waals surface area contributed by atoms with Crippen LogP contribution in [0.15, 0.2) is 24.3 Å². The minimum absolute atomic E-state index is 0.124. The Morgan fingerprint density at radius 2 is 1.68 bits per heavy atom. The predicted octanol–water partition coefficient (Wildman–Crippen LogP) is 0.493. The van der Waals surface area contributed by atoms with E-state index in [1.54, 1.807) is 24.3 Å². The van der Waals surface area contributed by atoms with Gasteiger partial charge in [-0.3, -0.25) is 19.3 Å². The number of likely N-dealkylation sites (tertiary alicyclic amines) is 1. The quantitative estimate of drug-likeness (QED) is 0.825. The lowest BCUT2D eigenvalue weighted by molar-refractivity contribution is -0.122. The van der Waals surface area contributed by atoms with Gasteiger partial charge in [0, 0.05) is 6.04 Å². The molecule has 0 aromatic heterocycles. The lowest BCUT2D eigenvalue weighted by Crippen LogP contribution is -2.47. The van der Waals surface area contributed by atoms with Crippen molar-refractivity contribution < 1.29 is 14.4 Å². The van der Waals surface area contributed by atoms with Gasteiger partial charge in [-0.1, -0.05) is 12.1 Å². The van der Waals surface area contributed by atoms with Gasteiger partial charge in [-0.15, -0.1) is 0 Å². The molecule has 0 aliphatic carbocycles. The lowest BCUT2D eigenvalue weighted by Gasteiger charge is -2.29. The molecule has 3 rings (SSSR count). The molecule has 1 fully saturated rings. The zero-order valence-corrected chi connectivity index (χ0v) is 12.5. The number of carbonyl (C=O) groups is 3. The first-order valence-corrected chi connectivity index (χ1v) is 7.49. The zero-order valence-electron chi connectivity index (χ0n) is 12.5. The maximum Gasteiger partial charge on any atom is 0.262 e. The minimum atomic E-state index is -0.390. The summed E-state index contributed by atoms with van der Waals surface area (Å²) in [6, 6.07) is 6.78. The van der Waals surface area contributed by atoms with Crippen molar-refractivity contribution in [3.63, 3.8) is 0 Å². The molecule has 1 aromatic carbocycles. The molecule has 2 heterocycles. The maximum atomic E-state index is 12.2. The van der Waals surface area contributed by atoms with E-state index in [1.807, 2.05) is 0 Å². The summed E-state index contributed by atoms with van der Waals surface area (Å²) in [6.07, 6.45) is 1.79. The summed E-state index contributed by atoms with van der Waals surface area (Å²) in [5, 5.41) is 2.92. The normalized spacial score (nSPS) is 19.4. The van der Waals surface area contributed by atoms with Crippen LogP contribution >= 0.6 is 0 Å². The predicted molar refractivity (Wildman–Crippen MR) is 80.5 cm³/mol. The Hall–Kier alpha value is -2.21. The summed E-state index contributed by atoms with van der Waals surface area (Å²) in [7, 11) is 2.05. The molecule has 3 amide bonds.